The van der Waals surface area contributed by atoms with Gasteiger partial charge in [-0.3, -0.25) is 0 Å². The highest BCUT2D eigenvalue weighted by molar-refractivity contribution is 5.32. The normalized spacial score (nSPS) is 12.7. The lowest BCUT2D eigenvalue weighted by Gasteiger charge is -2.10. The van der Waals surface area contributed by atoms with E-state index in [2.05, 4.69) is 4.98 Å². The van der Waals surface area contributed by atoms with Gasteiger partial charge in [0.2, 0.25) is 0 Å². The van der Waals surface area contributed by atoms with Crippen LogP contribution in [0.3, 0.4) is 0 Å². The number of anilines is 1. The molecule has 1 atom stereocenters. The molecule has 0 radical (unpaired) electrons. The molecule has 0 bridgehead atoms. The Morgan fingerprint density at radius 2 is 2.40 bits per heavy atom. The molecule has 1 heterocycles. The Hall–Kier alpha value is -1.13. The lowest BCUT2D eigenvalue weighted by molar-refractivity contribution is 0.0374. The molecular formula is C11H18N2O2. The van der Waals surface area contributed by atoms with Crippen LogP contribution in [0.25, 0.3) is 0 Å². The first kappa shape index (κ1) is 11.9. The van der Waals surface area contributed by atoms with E-state index in [1.165, 1.54) is 0 Å². The Kier molecular flexibility index (Phi) is 5.07. The maximum atomic E-state index is 9.63. The fourth-order valence-corrected chi connectivity index (χ4v) is 1.32. The van der Waals surface area contributed by atoms with Crippen LogP contribution >= 0.6 is 0 Å². The number of aliphatic hydroxyl groups excluding tert-OH is 1. The van der Waals surface area contributed by atoms with E-state index in [0.717, 1.165) is 12.0 Å². The third-order valence-corrected chi connectivity index (χ3v) is 1.98. The summed E-state index contributed by atoms with van der Waals surface area (Å²) in [6.07, 6.45) is 2.69. The lowest BCUT2D eigenvalue weighted by atomic mass is 10.1. The number of rotatable bonds is 6. The van der Waals surface area contributed by atoms with E-state index in [9.17, 15) is 5.11 Å². The number of hydrogen-bond donors (Lipinski definition) is 2. The van der Waals surface area contributed by atoms with E-state index >= 15 is 0 Å². The lowest BCUT2D eigenvalue weighted by Crippen LogP contribution is -2.18. The molecule has 0 aliphatic carbocycles. The van der Waals surface area contributed by atoms with Crippen LogP contribution in [0.2, 0.25) is 0 Å². The van der Waals surface area contributed by atoms with Crippen molar-refractivity contribution in [2.45, 2.75) is 25.9 Å². The summed E-state index contributed by atoms with van der Waals surface area (Å²) in [5.74, 6) is 0.481. The minimum Gasteiger partial charge on any atom is -0.390 e. The Morgan fingerprint density at radius 3 is 3.07 bits per heavy atom. The number of aromatic nitrogens is 1. The monoisotopic (exact) mass is 210 g/mol. The van der Waals surface area contributed by atoms with Gasteiger partial charge in [-0.2, -0.15) is 0 Å². The van der Waals surface area contributed by atoms with Gasteiger partial charge in [-0.05, 0) is 24.1 Å². The van der Waals surface area contributed by atoms with E-state index in [1.54, 1.807) is 12.3 Å². The minimum absolute atomic E-state index is 0.371. The third kappa shape index (κ3) is 4.76. The minimum atomic E-state index is -0.474. The number of pyridine rings is 1. The summed E-state index contributed by atoms with van der Waals surface area (Å²) in [6, 6.07) is 3.61. The summed E-state index contributed by atoms with van der Waals surface area (Å²) >= 11 is 0. The van der Waals surface area contributed by atoms with Gasteiger partial charge in [0.25, 0.3) is 0 Å². The summed E-state index contributed by atoms with van der Waals surface area (Å²) in [5, 5.41) is 9.63. The second-order valence-corrected chi connectivity index (χ2v) is 3.52. The summed E-state index contributed by atoms with van der Waals surface area (Å²) in [5.41, 5.74) is 6.51. The highest BCUT2D eigenvalue weighted by Crippen LogP contribution is 2.06. The van der Waals surface area contributed by atoms with Crippen LogP contribution in [0.4, 0.5) is 5.82 Å². The maximum absolute atomic E-state index is 9.63. The summed E-state index contributed by atoms with van der Waals surface area (Å²) in [6.45, 7) is 3.10. The van der Waals surface area contributed by atoms with Crippen LogP contribution < -0.4 is 5.73 Å². The number of aliphatic hydroxyl groups is 1. The Balaban J connectivity index is 2.34. The molecule has 1 rings (SSSR count). The van der Waals surface area contributed by atoms with Gasteiger partial charge in [0.05, 0.1) is 12.7 Å². The van der Waals surface area contributed by atoms with Crippen molar-refractivity contribution in [1.29, 1.82) is 0 Å². The fourth-order valence-electron chi connectivity index (χ4n) is 1.32. The molecule has 0 aromatic carbocycles. The van der Waals surface area contributed by atoms with Gasteiger partial charge in [0.1, 0.15) is 5.82 Å². The number of nitrogens with zero attached hydrogens (tertiary/aromatic N) is 1. The summed E-state index contributed by atoms with van der Waals surface area (Å²) in [4.78, 5) is 3.89. The Bertz CT molecular complexity index is 292. The summed E-state index contributed by atoms with van der Waals surface area (Å²) < 4.78 is 5.25. The zero-order chi connectivity index (χ0) is 11.1. The average Bonchev–Trinajstić information content (AvgIpc) is 2.18. The molecule has 4 heteroatoms. The molecule has 1 aromatic heterocycles. The van der Waals surface area contributed by atoms with Crippen molar-refractivity contribution in [2.75, 3.05) is 18.9 Å². The first-order valence-electron chi connectivity index (χ1n) is 5.18. The molecule has 4 nitrogen and oxygen atoms in total. The molecule has 0 saturated heterocycles. The predicted molar refractivity (Wildman–Crippen MR) is 59.5 cm³/mol. The van der Waals surface area contributed by atoms with Crippen molar-refractivity contribution in [1.82, 2.24) is 4.98 Å². The molecule has 1 aromatic rings. The zero-order valence-corrected chi connectivity index (χ0v) is 9.02. The van der Waals surface area contributed by atoms with Crippen LogP contribution in [0.1, 0.15) is 18.9 Å². The van der Waals surface area contributed by atoms with Crippen molar-refractivity contribution >= 4 is 5.82 Å². The number of hydrogen-bond acceptors (Lipinski definition) is 4. The van der Waals surface area contributed by atoms with Crippen LogP contribution in [0.15, 0.2) is 18.3 Å². The molecule has 0 amide bonds. The first-order valence-corrected chi connectivity index (χ1v) is 5.18. The van der Waals surface area contributed by atoms with Gasteiger partial charge >= 0.3 is 0 Å². The Morgan fingerprint density at radius 1 is 1.60 bits per heavy atom. The number of nitrogen functional groups attached to an aromatic ring is 1. The fraction of sp³-hybridized carbons (Fsp3) is 0.545. The van der Waals surface area contributed by atoms with Gasteiger partial charge < -0.3 is 15.6 Å². The third-order valence-electron chi connectivity index (χ3n) is 1.98. The van der Waals surface area contributed by atoms with Crippen molar-refractivity contribution in [2.24, 2.45) is 0 Å². The molecule has 1 unspecified atom stereocenters. The van der Waals surface area contributed by atoms with Crippen molar-refractivity contribution in [3.05, 3.63) is 23.9 Å². The molecule has 3 N–H and O–H groups in total. The zero-order valence-electron chi connectivity index (χ0n) is 9.02. The van der Waals surface area contributed by atoms with Crippen molar-refractivity contribution < 1.29 is 9.84 Å². The van der Waals surface area contributed by atoms with Gasteiger partial charge in [-0.1, -0.05) is 6.92 Å². The molecule has 0 saturated carbocycles. The smallest absolute Gasteiger partial charge is 0.123 e. The second kappa shape index (κ2) is 6.37. The quantitative estimate of drug-likeness (QED) is 0.687. The largest absolute Gasteiger partial charge is 0.390 e. The topological polar surface area (TPSA) is 68.4 Å². The number of nitrogens with two attached hydrogens (primary N) is 1. The Labute approximate surface area is 90.1 Å². The van der Waals surface area contributed by atoms with E-state index in [4.69, 9.17) is 10.5 Å². The maximum Gasteiger partial charge on any atom is 0.123 e. The molecule has 0 aliphatic rings. The van der Waals surface area contributed by atoms with Gasteiger partial charge in [0.15, 0.2) is 0 Å². The van der Waals surface area contributed by atoms with Gasteiger partial charge in [-0.15, -0.1) is 0 Å². The standard InChI is InChI=1S/C11H18N2O2/c1-2-5-15-8-10(14)6-9-3-4-13-11(12)7-9/h3-4,7,10,14H,2,5-6,8H2,1H3,(H2,12,13). The van der Waals surface area contributed by atoms with Crippen LogP contribution in [0, 0.1) is 0 Å². The van der Waals surface area contributed by atoms with E-state index in [0.29, 0.717) is 25.5 Å². The molecule has 84 valence electrons. The summed E-state index contributed by atoms with van der Waals surface area (Å²) in [7, 11) is 0. The van der Waals surface area contributed by atoms with Gasteiger partial charge in [0, 0.05) is 19.2 Å². The highest BCUT2D eigenvalue weighted by Gasteiger charge is 2.05. The SMILES string of the molecule is CCCOCC(O)Cc1ccnc(N)c1. The van der Waals surface area contributed by atoms with Crippen LogP contribution in [-0.2, 0) is 11.2 Å². The molecule has 0 spiro atoms. The molecule has 15 heavy (non-hydrogen) atoms. The van der Waals surface area contributed by atoms with Crippen LogP contribution in [-0.4, -0.2) is 29.4 Å². The molecule has 0 fully saturated rings. The van der Waals surface area contributed by atoms with Crippen LogP contribution in [0.5, 0.6) is 0 Å². The molecule has 0 aliphatic heterocycles. The van der Waals surface area contributed by atoms with Crippen molar-refractivity contribution in [3.63, 3.8) is 0 Å². The number of ether oxygens (including phenoxy) is 1. The first-order chi connectivity index (χ1) is 7.22. The van der Waals surface area contributed by atoms with Crippen molar-refractivity contribution in [3.8, 4) is 0 Å². The van der Waals surface area contributed by atoms with E-state index < -0.39 is 6.10 Å². The average molecular weight is 210 g/mol. The van der Waals surface area contributed by atoms with Gasteiger partial charge in [-0.25, -0.2) is 4.98 Å². The molecular weight excluding hydrogens is 192 g/mol. The predicted octanol–water partition coefficient (Wildman–Crippen LogP) is 0.994. The van der Waals surface area contributed by atoms with E-state index in [1.807, 2.05) is 13.0 Å². The highest BCUT2D eigenvalue weighted by atomic mass is 16.5. The van der Waals surface area contributed by atoms with E-state index in [-0.39, 0.29) is 0 Å². The second-order valence-electron chi connectivity index (χ2n) is 3.52.